The number of alkyl carbamates (subject to hydrolysis) is 1. The molecular weight excluding hydrogens is 449 g/mol. The Morgan fingerprint density at radius 3 is 2.64 bits per heavy atom. The van der Waals surface area contributed by atoms with Gasteiger partial charge in [-0.2, -0.15) is 0 Å². The number of nitrogens with zero attached hydrogens (tertiary/aromatic N) is 1. The van der Waals surface area contributed by atoms with E-state index in [1.807, 2.05) is 57.3 Å². The normalized spacial score (nSPS) is 12.6. The summed E-state index contributed by atoms with van der Waals surface area (Å²) in [7, 11) is 0. The number of ether oxygens (including phenoxy) is 1. The Balaban J connectivity index is 1.89. The molecule has 0 spiro atoms. The van der Waals surface area contributed by atoms with Crippen LogP contribution < -0.4 is 10.6 Å². The number of hydrogen-bond acceptors (Lipinski definition) is 5. The molecule has 2 N–H and O–H groups in total. The Labute approximate surface area is 166 Å². The molecule has 0 fully saturated rings. The van der Waals surface area contributed by atoms with Gasteiger partial charge in [0.15, 0.2) is 0 Å². The van der Waals surface area contributed by atoms with Gasteiger partial charge in [-0.05, 0) is 61.9 Å². The number of carbonyl (C=O) groups excluding carboxylic acids is 1. The van der Waals surface area contributed by atoms with Crippen LogP contribution in [0.5, 0.6) is 0 Å². The van der Waals surface area contributed by atoms with Crippen molar-refractivity contribution in [1.29, 1.82) is 0 Å². The lowest BCUT2D eigenvalue weighted by Gasteiger charge is -2.24. The molecule has 1 atom stereocenters. The quantitative estimate of drug-likeness (QED) is 0.460. The number of amides is 1. The number of nitrogens with one attached hydrogen (secondary N) is 2. The number of rotatable bonds is 7. The molecule has 0 aliphatic heterocycles. The highest BCUT2D eigenvalue weighted by Gasteiger charge is 2.20. The molecule has 136 valence electrons. The predicted octanol–water partition coefficient (Wildman–Crippen LogP) is 4.49. The molecule has 0 saturated carbocycles. The zero-order valence-electron chi connectivity index (χ0n) is 14.7. The molecule has 0 aliphatic carbocycles. The zero-order chi connectivity index (χ0) is 18.3. The molecular formula is C18H24IN3O2S. The van der Waals surface area contributed by atoms with Gasteiger partial charge in [0.1, 0.15) is 10.6 Å². The summed E-state index contributed by atoms with van der Waals surface area (Å²) in [6.07, 6.45) is 2.25. The molecule has 5 nitrogen and oxygen atoms in total. The Kier molecular flexibility index (Phi) is 7.64. The van der Waals surface area contributed by atoms with Crippen LogP contribution in [-0.2, 0) is 11.3 Å². The van der Waals surface area contributed by atoms with Crippen molar-refractivity contribution in [3.05, 3.63) is 50.0 Å². The van der Waals surface area contributed by atoms with Crippen LogP contribution in [0.3, 0.4) is 0 Å². The molecule has 1 aromatic carbocycles. The van der Waals surface area contributed by atoms with Crippen LogP contribution in [0, 0.1) is 2.88 Å². The summed E-state index contributed by atoms with van der Waals surface area (Å²) in [4.78, 5) is 16.5. The Morgan fingerprint density at radius 2 is 2.04 bits per heavy atom. The van der Waals surface area contributed by atoms with Crippen LogP contribution in [0.15, 0.2) is 36.5 Å². The monoisotopic (exact) mass is 473 g/mol. The summed E-state index contributed by atoms with van der Waals surface area (Å²) < 4.78 is 6.57. The van der Waals surface area contributed by atoms with E-state index in [4.69, 9.17) is 4.74 Å². The maximum Gasteiger partial charge on any atom is 0.408 e. The molecule has 1 amide bonds. The fourth-order valence-corrected chi connectivity index (χ4v) is 3.78. The minimum absolute atomic E-state index is 0.0972. The largest absolute Gasteiger partial charge is 0.444 e. The van der Waals surface area contributed by atoms with Gasteiger partial charge in [0.2, 0.25) is 0 Å². The first-order chi connectivity index (χ1) is 11.8. The average molecular weight is 473 g/mol. The van der Waals surface area contributed by atoms with Crippen molar-refractivity contribution in [1.82, 2.24) is 15.6 Å². The molecule has 7 heteroatoms. The lowest BCUT2D eigenvalue weighted by molar-refractivity contribution is 0.0501. The van der Waals surface area contributed by atoms with E-state index in [0.717, 1.165) is 30.1 Å². The molecule has 1 unspecified atom stereocenters. The first-order valence-electron chi connectivity index (χ1n) is 8.19. The van der Waals surface area contributed by atoms with E-state index in [1.165, 1.54) is 2.88 Å². The van der Waals surface area contributed by atoms with Crippen molar-refractivity contribution in [2.75, 3.05) is 6.54 Å². The molecule has 0 aliphatic rings. The topological polar surface area (TPSA) is 63.2 Å². The third-order valence-corrected chi connectivity index (χ3v) is 5.03. The van der Waals surface area contributed by atoms with Crippen molar-refractivity contribution < 1.29 is 9.53 Å². The molecule has 25 heavy (non-hydrogen) atoms. The number of benzene rings is 1. The van der Waals surface area contributed by atoms with Crippen molar-refractivity contribution in [3.8, 4) is 0 Å². The summed E-state index contributed by atoms with van der Waals surface area (Å²) in [5.74, 6) is 0. The highest BCUT2D eigenvalue weighted by Crippen LogP contribution is 2.18. The van der Waals surface area contributed by atoms with Crippen LogP contribution in [0.1, 0.15) is 43.8 Å². The number of carbonyl (C=O) groups is 1. The van der Waals surface area contributed by atoms with E-state index in [1.54, 1.807) is 11.3 Å². The van der Waals surface area contributed by atoms with Crippen LogP contribution in [-0.4, -0.2) is 23.2 Å². The number of halogens is 1. The second-order valence-corrected chi connectivity index (χ2v) is 9.64. The van der Waals surface area contributed by atoms with E-state index in [-0.39, 0.29) is 6.04 Å². The first kappa shape index (κ1) is 20.1. The van der Waals surface area contributed by atoms with Crippen molar-refractivity contribution >= 4 is 40.0 Å². The van der Waals surface area contributed by atoms with Gasteiger partial charge in [-0.25, -0.2) is 9.78 Å². The second-order valence-electron chi connectivity index (χ2n) is 6.63. The van der Waals surface area contributed by atoms with E-state index in [2.05, 4.69) is 38.2 Å². The lowest BCUT2D eigenvalue weighted by Crippen LogP contribution is -2.36. The van der Waals surface area contributed by atoms with Gasteiger partial charge >= 0.3 is 6.09 Å². The Bertz CT molecular complexity index is 670. The van der Waals surface area contributed by atoms with E-state index in [9.17, 15) is 4.79 Å². The molecule has 0 radical (unpaired) electrons. The lowest BCUT2D eigenvalue weighted by atomic mass is 10.0. The van der Waals surface area contributed by atoms with Gasteiger partial charge < -0.3 is 15.4 Å². The van der Waals surface area contributed by atoms with Crippen molar-refractivity contribution in [2.45, 2.75) is 45.4 Å². The summed E-state index contributed by atoms with van der Waals surface area (Å²) in [5, 5.41) is 7.44. The SMILES string of the molecule is CC(C)(C)OC(=O)NC(CCNCc1ncc(I)s1)c1ccccc1. The van der Waals surface area contributed by atoms with E-state index >= 15 is 0 Å². The van der Waals surface area contributed by atoms with Crippen LogP contribution >= 0.6 is 33.9 Å². The maximum atomic E-state index is 12.1. The third-order valence-electron chi connectivity index (χ3n) is 3.30. The molecule has 2 rings (SSSR count). The number of aromatic nitrogens is 1. The molecule has 1 heterocycles. The van der Waals surface area contributed by atoms with Gasteiger partial charge in [-0.15, -0.1) is 11.3 Å². The van der Waals surface area contributed by atoms with Gasteiger partial charge in [0, 0.05) is 6.54 Å². The van der Waals surface area contributed by atoms with Crippen molar-refractivity contribution in [2.24, 2.45) is 0 Å². The third kappa shape index (κ3) is 7.70. The standard InChI is InChI=1S/C18H24IN3O2S/c1-18(2,3)24-17(23)22-14(13-7-5-4-6-8-13)9-10-20-12-16-21-11-15(19)25-16/h4-8,11,14,20H,9-10,12H2,1-3H3,(H,22,23). The van der Waals surface area contributed by atoms with Gasteiger partial charge in [-0.3, -0.25) is 0 Å². The minimum atomic E-state index is -0.508. The van der Waals surface area contributed by atoms with Crippen molar-refractivity contribution in [3.63, 3.8) is 0 Å². The van der Waals surface area contributed by atoms with Gasteiger partial charge in [-0.1, -0.05) is 30.3 Å². The highest BCUT2D eigenvalue weighted by molar-refractivity contribution is 14.1. The fraction of sp³-hybridized carbons (Fsp3) is 0.444. The van der Waals surface area contributed by atoms with E-state index < -0.39 is 11.7 Å². The molecule has 2 aromatic rings. The van der Waals surface area contributed by atoms with Crippen LogP contribution in [0.25, 0.3) is 0 Å². The predicted molar refractivity (Wildman–Crippen MR) is 110 cm³/mol. The molecule has 0 saturated heterocycles. The zero-order valence-corrected chi connectivity index (χ0v) is 17.7. The summed E-state index contributed by atoms with van der Waals surface area (Å²) >= 11 is 3.95. The molecule has 1 aromatic heterocycles. The minimum Gasteiger partial charge on any atom is -0.444 e. The highest BCUT2D eigenvalue weighted by atomic mass is 127. The smallest absolute Gasteiger partial charge is 0.408 e. The summed E-state index contributed by atoms with van der Waals surface area (Å²) in [5.41, 5.74) is 0.560. The molecule has 0 bridgehead atoms. The maximum absolute atomic E-state index is 12.1. The van der Waals surface area contributed by atoms with Gasteiger partial charge in [0.05, 0.1) is 15.1 Å². The second kappa shape index (κ2) is 9.49. The van der Waals surface area contributed by atoms with Crippen LogP contribution in [0.4, 0.5) is 4.79 Å². The van der Waals surface area contributed by atoms with Crippen LogP contribution in [0.2, 0.25) is 0 Å². The fourth-order valence-electron chi connectivity index (χ4n) is 2.27. The summed E-state index contributed by atoms with van der Waals surface area (Å²) in [6, 6.07) is 9.86. The Hall–Kier alpha value is -1.19. The average Bonchev–Trinajstić information content (AvgIpc) is 2.95. The first-order valence-corrected chi connectivity index (χ1v) is 10.1. The number of hydrogen-bond donors (Lipinski definition) is 2. The van der Waals surface area contributed by atoms with E-state index in [0.29, 0.717) is 0 Å². The Morgan fingerprint density at radius 1 is 1.32 bits per heavy atom. The summed E-state index contributed by atoms with van der Waals surface area (Å²) in [6.45, 7) is 7.09. The number of thiazole rings is 1. The van der Waals surface area contributed by atoms with Gasteiger partial charge in [0.25, 0.3) is 0 Å².